The Morgan fingerprint density at radius 3 is 2.17 bits per heavy atom. The molecule has 140 valence electrons. The van der Waals surface area contributed by atoms with Gasteiger partial charge in [0.05, 0.1) is 35.4 Å². The summed E-state index contributed by atoms with van der Waals surface area (Å²) in [6.07, 6.45) is 6.39. The van der Waals surface area contributed by atoms with Crippen molar-refractivity contribution in [2.45, 2.75) is 0 Å². The first-order valence-electron chi connectivity index (χ1n) is 8.89. The zero-order valence-corrected chi connectivity index (χ0v) is 15.1. The highest BCUT2D eigenvalue weighted by molar-refractivity contribution is 6.06. The lowest BCUT2D eigenvalue weighted by Gasteiger charge is -2.08. The van der Waals surface area contributed by atoms with E-state index >= 15 is 0 Å². The van der Waals surface area contributed by atoms with Crippen LogP contribution in [0, 0.1) is 0 Å². The van der Waals surface area contributed by atoms with E-state index in [0.29, 0.717) is 45.2 Å². The smallest absolute Gasteiger partial charge is 0.255 e. The molecule has 0 aliphatic rings. The van der Waals surface area contributed by atoms with Crippen LogP contribution in [-0.4, -0.2) is 20.9 Å². The molecule has 0 aliphatic heterocycles. The highest BCUT2D eigenvalue weighted by Gasteiger charge is 2.18. The maximum Gasteiger partial charge on any atom is 0.255 e. The summed E-state index contributed by atoms with van der Waals surface area (Å²) in [6.45, 7) is 0. The van der Waals surface area contributed by atoms with Crippen molar-refractivity contribution in [1.82, 2.24) is 15.0 Å². The molecule has 7 heteroatoms. The van der Waals surface area contributed by atoms with Crippen LogP contribution in [0.4, 0.5) is 5.69 Å². The van der Waals surface area contributed by atoms with Gasteiger partial charge in [0.2, 0.25) is 0 Å². The van der Waals surface area contributed by atoms with Gasteiger partial charge in [-0.2, -0.15) is 0 Å². The normalized spacial score (nSPS) is 10.9. The average molecular weight is 382 g/mol. The quantitative estimate of drug-likeness (QED) is 0.480. The molecule has 7 nitrogen and oxygen atoms in total. The van der Waals surface area contributed by atoms with Gasteiger partial charge in [-0.15, -0.1) is 0 Å². The lowest BCUT2D eigenvalue weighted by Crippen LogP contribution is -2.12. The summed E-state index contributed by atoms with van der Waals surface area (Å²) in [4.78, 5) is 26.0. The third-order valence-corrected chi connectivity index (χ3v) is 4.35. The molecule has 1 aromatic carbocycles. The number of benzene rings is 1. The molecule has 1 amide bonds. The number of hydrogen-bond acceptors (Lipinski definition) is 6. The van der Waals surface area contributed by atoms with E-state index in [1.807, 2.05) is 6.07 Å². The van der Waals surface area contributed by atoms with Gasteiger partial charge in [-0.25, -0.2) is 9.97 Å². The SMILES string of the molecule is O=C(Nc1cccnc1)c1ccc2nc(-c3ccco3)c(-c3ccco3)nc2c1. The number of carbonyl (C=O) groups is 1. The number of rotatable bonds is 4. The second-order valence-electron chi connectivity index (χ2n) is 6.27. The molecule has 0 radical (unpaired) electrons. The van der Waals surface area contributed by atoms with E-state index in [1.165, 1.54) is 0 Å². The van der Waals surface area contributed by atoms with Gasteiger partial charge in [-0.05, 0) is 54.6 Å². The van der Waals surface area contributed by atoms with Gasteiger partial charge in [0.15, 0.2) is 11.5 Å². The molecule has 4 aromatic heterocycles. The Morgan fingerprint density at radius 2 is 1.55 bits per heavy atom. The van der Waals surface area contributed by atoms with E-state index in [-0.39, 0.29) is 5.91 Å². The second-order valence-corrected chi connectivity index (χ2v) is 6.27. The number of anilines is 1. The van der Waals surface area contributed by atoms with Crippen molar-refractivity contribution in [2.75, 3.05) is 5.32 Å². The maximum atomic E-state index is 12.6. The lowest BCUT2D eigenvalue weighted by molar-refractivity contribution is 0.102. The number of aromatic nitrogens is 3. The fourth-order valence-corrected chi connectivity index (χ4v) is 3.01. The molecular weight excluding hydrogens is 368 g/mol. The molecule has 0 saturated heterocycles. The van der Waals surface area contributed by atoms with Gasteiger partial charge in [-0.1, -0.05) is 0 Å². The van der Waals surface area contributed by atoms with Crippen LogP contribution in [0.2, 0.25) is 0 Å². The van der Waals surface area contributed by atoms with E-state index in [4.69, 9.17) is 18.8 Å². The Balaban J connectivity index is 1.59. The summed E-state index contributed by atoms with van der Waals surface area (Å²) >= 11 is 0. The van der Waals surface area contributed by atoms with E-state index in [0.717, 1.165) is 0 Å². The molecule has 5 aromatic rings. The van der Waals surface area contributed by atoms with Gasteiger partial charge < -0.3 is 14.2 Å². The lowest BCUT2D eigenvalue weighted by atomic mass is 10.1. The molecular formula is C22H14N4O3. The zero-order chi connectivity index (χ0) is 19.6. The minimum Gasteiger partial charge on any atom is -0.463 e. The summed E-state index contributed by atoms with van der Waals surface area (Å²) < 4.78 is 11.1. The Bertz CT molecular complexity index is 1280. The number of pyridine rings is 1. The van der Waals surface area contributed by atoms with Gasteiger partial charge in [-0.3, -0.25) is 9.78 Å². The van der Waals surface area contributed by atoms with Crippen LogP contribution in [0.3, 0.4) is 0 Å². The first kappa shape index (κ1) is 16.9. The Hall–Kier alpha value is -4.26. The maximum absolute atomic E-state index is 12.6. The number of carbonyl (C=O) groups excluding carboxylic acids is 1. The van der Waals surface area contributed by atoms with E-state index in [9.17, 15) is 4.79 Å². The van der Waals surface area contributed by atoms with Gasteiger partial charge in [0, 0.05) is 11.8 Å². The Kier molecular flexibility index (Phi) is 4.10. The first-order valence-corrected chi connectivity index (χ1v) is 8.89. The Labute approximate surface area is 165 Å². The number of furan rings is 2. The van der Waals surface area contributed by atoms with Crippen molar-refractivity contribution < 1.29 is 13.6 Å². The molecule has 1 N–H and O–H groups in total. The molecule has 0 atom stereocenters. The summed E-state index contributed by atoms with van der Waals surface area (Å²) in [5.74, 6) is 0.900. The van der Waals surface area contributed by atoms with Crippen LogP contribution in [-0.2, 0) is 0 Å². The van der Waals surface area contributed by atoms with Crippen LogP contribution in [0.25, 0.3) is 33.9 Å². The molecule has 5 rings (SSSR count). The summed E-state index contributed by atoms with van der Waals surface area (Å²) in [5.41, 5.74) is 3.42. The van der Waals surface area contributed by atoms with Crippen LogP contribution in [0.15, 0.2) is 88.4 Å². The third-order valence-electron chi connectivity index (χ3n) is 4.35. The van der Waals surface area contributed by atoms with Crippen LogP contribution in [0.1, 0.15) is 10.4 Å². The fraction of sp³-hybridized carbons (Fsp3) is 0. The molecule has 0 saturated carbocycles. The van der Waals surface area contributed by atoms with Crippen molar-refractivity contribution >= 4 is 22.6 Å². The number of amides is 1. The summed E-state index contributed by atoms with van der Waals surface area (Å²) in [7, 11) is 0. The van der Waals surface area contributed by atoms with Gasteiger partial charge >= 0.3 is 0 Å². The minimum absolute atomic E-state index is 0.253. The molecule has 0 fully saturated rings. The molecule has 0 aliphatic carbocycles. The second kappa shape index (κ2) is 7.05. The number of nitrogens with one attached hydrogen (secondary N) is 1. The third kappa shape index (κ3) is 3.25. The summed E-state index contributed by atoms with van der Waals surface area (Å²) in [5, 5.41) is 2.82. The highest BCUT2D eigenvalue weighted by Crippen LogP contribution is 2.31. The average Bonchev–Trinajstić information content (AvgIpc) is 3.47. The largest absolute Gasteiger partial charge is 0.463 e. The first-order chi connectivity index (χ1) is 14.3. The van der Waals surface area contributed by atoms with E-state index in [2.05, 4.69) is 10.3 Å². The minimum atomic E-state index is -0.253. The van der Waals surface area contributed by atoms with Crippen molar-refractivity contribution in [3.63, 3.8) is 0 Å². The molecule has 0 spiro atoms. The number of fused-ring (bicyclic) bond motifs is 1. The van der Waals surface area contributed by atoms with E-state index in [1.54, 1.807) is 73.5 Å². The molecule has 0 unspecified atom stereocenters. The zero-order valence-electron chi connectivity index (χ0n) is 15.1. The van der Waals surface area contributed by atoms with Crippen molar-refractivity contribution in [3.05, 3.63) is 85.1 Å². The van der Waals surface area contributed by atoms with Crippen LogP contribution in [0.5, 0.6) is 0 Å². The predicted molar refractivity (Wildman–Crippen MR) is 107 cm³/mol. The van der Waals surface area contributed by atoms with Gasteiger partial charge in [0.1, 0.15) is 11.4 Å². The van der Waals surface area contributed by atoms with Crippen LogP contribution >= 0.6 is 0 Å². The van der Waals surface area contributed by atoms with Crippen molar-refractivity contribution in [3.8, 4) is 22.9 Å². The van der Waals surface area contributed by atoms with E-state index < -0.39 is 0 Å². The molecule has 29 heavy (non-hydrogen) atoms. The monoisotopic (exact) mass is 382 g/mol. The number of hydrogen-bond donors (Lipinski definition) is 1. The topological polar surface area (TPSA) is 94.1 Å². The van der Waals surface area contributed by atoms with Crippen molar-refractivity contribution in [1.29, 1.82) is 0 Å². The Morgan fingerprint density at radius 1 is 0.828 bits per heavy atom. The molecule has 4 heterocycles. The van der Waals surface area contributed by atoms with Crippen molar-refractivity contribution in [2.24, 2.45) is 0 Å². The predicted octanol–water partition coefficient (Wildman–Crippen LogP) is 4.80. The fourth-order valence-electron chi connectivity index (χ4n) is 3.01. The van der Waals surface area contributed by atoms with Gasteiger partial charge in [0.25, 0.3) is 5.91 Å². The summed E-state index contributed by atoms with van der Waals surface area (Å²) in [6, 6.07) is 15.9. The number of nitrogens with zero attached hydrogens (tertiary/aromatic N) is 3. The highest BCUT2D eigenvalue weighted by atomic mass is 16.3. The van der Waals surface area contributed by atoms with Crippen LogP contribution < -0.4 is 5.32 Å². The molecule has 0 bridgehead atoms. The standard InChI is InChI=1S/C22H14N4O3/c27-22(24-15-4-1-9-23-13-15)14-7-8-16-17(12-14)26-21(19-6-3-11-29-19)20(25-16)18-5-2-10-28-18/h1-13H,(H,24,27).